The molecule has 4 rings (SSSR count). The van der Waals surface area contributed by atoms with E-state index in [0.717, 1.165) is 0 Å². The van der Waals surface area contributed by atoms with Crippen molar-refractivity contribution in [3.05, 3.63) is 78.1 Å². The molecule has 0 aromatic heterocycles. The van der Waals surface area contributed by atoms with Gasteiger partial charge in [-0.3, -0.25) is 9.59 Å². The van der Waals surface area contributed by atoms with Gasteiger partial charge in [0.15, 0.2) is 18.1 Å². The zero-order valence-electron chi connectivity index (χ0n) is 15.7. The predicted octanol–water partition coefficient (Wildman–Crippen LogP) is 3.82. The van der Waals surface area contributed by atoms with Crippen molar-refractivity contribution < 1.29 is 28.2 Å². The molecule has 30 heavy (non-hydrogen) atoms. The van der Waals surface area contributed by atoms with Crippen LogP contribution in [0.3, 0.4) is 0 Å². The lowest BCUT2D eigenvalue weighted by Gasteiger charge is -2.12. The lowest BCUT2D eigenvalue weighted by Crippen LogP contribution is -2.22. The third-order valence-corrected chi connectivity index (χ3v) is 4.24. The fourth-order valence-corrected chi connectivity index (χ4v) is 2.85. The van der Waals surface area contributed by atoms with Gasteiger partial charge >= 0.3 is 0 Å². The molecular weight excluding hydrogens is 391 g/mol. The fraction of sp³-hybridized carbons (Fsp3) is 0.0909. The van der Waals surface area contributed by atoms with Crippen molar-refractivity contribution >= 4 is 23.2 Å². The number of ether oxygens (including phenoxy) is 3. The highest BCUT2D eigenvalue weighted by atomic mass is 19.1. The van der Waals surface area contributed by atoms with Gasteiger partial charge in [0, 0.05) is 17.8 Å². The number of anilines is 2. The molecule has 1 heterocycles. The lowest BCUT2D eigenvalue weighted by molar-refractivity contribution is -0.118. The molecule has 3 aromatic rings. The second-order valence-corrected chi connectivity index (χ2v) is 6.36. The lowest BCUT2D eigenvalue weighted by atomic mass is 10.1. The van der Waals surface area contributed by atoms with Crippen molar-refractivity contribution in [2.24, 2.45) is 0 Å². The van der Waals surface area contributed by atoms with Gasteiger partial charge in [0.1, 0.15) is 11.6 Å². The Hall–Kier alpha value is -4.07. The number of amides is 2. The molecular formula is C22H17FN2O5. The number of benzene rings is 3. The van der Waals surface area contributed by atoms with Crippen molar-refractivity contribution in [2.45, 2.75) is 0 Å². The first-order valence-electron chi connectivity index (χ1n) is 9.07. The number of hydrogen-bond donors (Lipinski definition) is 2. The molecule has 3 aromatic carbocycles. The molecule has 0 saturated carbocycles. The second-order valence-electron chi connectivity index (χ2n) is 6.36. The number of nitrogens with one attached hydrogen (secondary N) is 2. The van der Waals surface area contributed by atoms with Crippen LogP contribution in [0.15, 0.2) is 66.7 Å². The first-order valence-corrected chi connectivity index (χ1v) is 9.07. The van der Waals surface area contributed by atoms with Gasteiger partial charge in [-0.2, -0.15) is 0 Å². The van der Waals surface area contributed by atoms with E-state index in [4.69, 9.17) is 14.2 Å². The molecule has 8 heteroatoms. The van der Waals surface area contributed by atoms with E-state index in [1.54, 1.807) is 48.5 Å². The van der Waals surface area contributed by atoms with Crippen molar-refractivity contribution in [1.29, 1.82) is 0 Å². The first-order chi connectivity index (χ1) is 14.6. The average molecular weight is 408 g/mol. The Balaban J connectivity index is 1.41. The van der Waals surface area contributed by atoms with Gasteiger partial charge in [0.05, 0.1) is 11.3 Å². The van der Waals surface area contributed by atoms with Gasteiger partial charge < -0.3 is 24.8 Å². The van der Waals surface area contributed by atoms with E-state index in [-0.39, 0.29) is 24.7 Å². The predicted molar refractivity (Wildman–Crippen MR) is 107 cm³/mol. The van der Waals surface area contributed by atoms with Crippen LogP contribution in [0.1, 0.15) is 10.4 Å². The van der Waals surface area contributed by atoms with Crippen LogP contribution in [0.25, 0.3) is 0 Å². The fourth-order valence-electron chi connectivity index (χ4n) is 2.85. The monoisotopic (exact) mass is 408 g/mol. The van der Waals surface area contributed by atoms with Crippen LogP contribution in [0.2, 0.25) is 0 Å². The number of carbonyl (C=O) groups is 2. The summed E-state index contributed by atoms with van der Waals surface area (Å²) in [6.45, 7) is -0.194. The molecule has 0 unspecified atom stereocenters. The zero-order valence-corrected chi connectivity index (χ0v) is 15.7. The van der Waals surface area contributed by atoms with Crippen molar-refractivity contribution in [3.8, 4) is 17.2 Å². The average Bonchev–Trinajstić information content (AvgIpc) is 3.20. The third-order valence-electron chi connectivity index (χ3n) is 4.24. The van der Waals surface area contributed by atoms with E-state index in [9.17, 15) is 14.0 Å². The van der Waals surface area contributed by atoms with E-state index in [0.29, 0.717) is 22.9 Å². The third kappa shape index (κ3) is 4.49. The summed E-state index contributed by atoms with van der Waals surface area (Å²) in [5, 5.41) is 5.41. The maximum absolute atomic E-state index is 13.2. The van der Waals surface area contributed by atoms with Gasteiger partial charge in [-0.25, -0.2) is 4.39 Å². The van der Waals surface area contributed by atoms with Gasteiger partial charge in [0.25, 0.3) is 11.8 Å². The first kappa shape index (κ1) is 19.3. The summed E-state index contributed by atoms with van der Waals surface area (Å²) in [5.41, 5.74) is 1.12. The molecule has 152 valence electrons. The molecule has 0 saturated heterocycles. The Kier molecular flexibility index (Phi) is 5.47. The van der Waals surface area contributed by atoms with E-state index in [2.05, 4.69) is 10.6 Å². The molecule has 2 N–H and O–H groups in total. The Labute approximate surface area is 171 Å². The van der Waals surface area contributed by atoms with E-state index in [1.165, 1.54) is 18.2 Å². The van der Waals surface area contributed by atoms with Gasteiger partial charge in [-0.1, -0.05) is 18.2 Å². The molecule has 1 aliphatic heterocycles. The summed E-state index contributed by atoms with van der Waals surface area (Å²) in [7, 11) is 0. The minimum atomic E-state index is -0.484. The number of hydrogen-bond acceptors (Lipinski definition) is 5. The summed E-state index contributed by atoms with van der Waals surface area (Å²) < 4.78 is 29.0. The molecule has 0 radical (unpaired) electrons. The maximum atomic E-state index is 13.2. The smallest absolute Gasteiger partial charge is 0.262 e. The summed E-state index contributed by atoms with van der Waals surface area (Å²) in [6, 6.07) is 17.1. The van der Waals surface area contributed by atoms with Crippen LogP contribution < -0.4 is 24.8 Å². The molecule has 2 amide bonds. The van der Waals surface area contributed by atoms with Crippen LogP contribution in [-0.2, 0) is 4.79 Å². The highest BCUT2D eigenvalue weighted by Crippen LogP contribution is 2.34. The Morgan fingerprint density at radius 3 is 2.63 bits per heavy atom. The number of fused-ring (bicyclic) bond motifs is 1. The summed E-state index contributed by atoms with van der Waals surface area (Å²) in [5.74, 6) is 0.0404. The molecule has 0 atom stereocenters. The van der Waals surface area contributed by atoms with Gasteiger partial charge in [-0.15, -0.1) is 0 Å². The Bertz CT molecular complexity index is 1100. The minimum absolute atomic E-state index is 0.138. The van der Waals surface area contributed by atoms with Gasteiger partial charge in [-0.05, 0) is 36.4 Å². The van der Waals surface area contributed by atoms with E-state index < -0.39 is 17.6 Å². The van der Waals surface area contributed by atoms with Crippen LogP contribution >= 0.6 is 0 Å². The standard InChI is InChI=1S/C22H17FN2O5/c23-14-4-3-5-16(10-14)28-12-21(26)25-18-7-2-1-6-17(18)22(27)24-15-8-9-19-20(11-15)30-13-29-19/h1-11H,12-13H2,(H,24,27)(H,25,26). The van der Waals surface area contributed by atoms with Crippen LogP contribution in [0, 0.1) is 5.82 Å². The van der Waals surface area contributed by atoms with Crippen molar-refractivity contribution in [3.63, 3.8) is 0 Å². The van der Waals surface area contributed by atoms with E-state index >= 15 is 0 Å². The highest BCUT2D eigenvalue weighted by Gasteiger charge is 2.17. The number of rotatable bonds is 6. The van der Waals surface area contributed by atoms with Crippen molar-refractivity contribution in [2.75, 3.05) is 24.0 Å². The van der Waals surface area contributed by atoms with Crippen LogP contribution in [0.4, 0.5) is 15.8 Å². The molecule has 0 aliphatic carbocycles. The van der Waals surface area contributed by atoms with Crippen LogP contribution in [0.5, 0.6) is 17.2 Å². The topological polar surface area (TPSA) is 85.9 Å². The summed E-state index contributed by atoms with van der Waals surface area (Å²) >= 11 is 0. The molecule has 0 fully saturated rings. The Morgan fingerprint density at radius 1 is 0.933 bits per heavy atom. The van der Waals surface area contributed by atoms with Crippen molar-refractivity contribution in [1.82, 2.24) is 0 Å². The second kappa shape index (κ2) is 8.52. The van der Waals surface area contributed by atoms with Gasteiger partial charge in [0.2, 0.25) is 6.79 Å². The molecule has 1 aliphatic rings. The number of para-hydroxylation sites is 1. The molecule has 0 bridgehead atoms. The minimum Gasteiger partial charge on any atom is -0.484 e. The van der Waals surface area contributed by atoms with Crippen LogP contribution in [-0.4, -0.2) is 25.2 Å². The summed E-state index contributed by atoms with van der Waals surface area (Å²) in [6.07, 6.45) is 0. The highest BCUT2D eigenvalue weighted by molar-refractivity contribution is 6.10. The summed E-state index contributed by atoms with van der Waals surface area (Å²) in [4.78, 5) is 25.0. The largest absolute Gasteiger partial charge is 0.484 e. The van der Waals surface area contributed by atoms with E-state index in [1.807, 2.05) is 0 Å². The quantitative estimate of drug-likeness (QED) is 0.648. The maximum Gasteiger partial charge on any atom is 0.262 e. The SMILES string of the molecule is O=C(COc1cccc(F)c1)Nc1ccccc1C(=O)Nc1ccc2c(c1)OCO2. The zero-order chi connectivity index (χ0) is 20.9. The number of halogens is 1. The molecule has 7 nitrogen and oxygen atoms in total. The number of carbonyl (C=O) groups excluding carboxylic acids is 2. The normalized spacial score (nSPS) is 11.6. The molecule has 0 spiro atoms. The Morgan fingerprint density at radius 2 is 1.77 bits per heavy atom.